The van der Waals surface area contributed by atoms with E-state index < -0.39 is 18.3 Å². The highest BCUT2D eigenvalue weighted by Crippen LogP contribution is 2.30. The van der Waals surface area contributed by atoms with Gasteiger partial charge in [0, 0.05) is 31.9 Å². The van der Waals surface area contributed by atoms with Gasteiger partial charge in [-0.1, -0.05) is 0 Å². The van der Waals surface area contributed by atoms with Crippen LogP contribution in [0.5, 0.6) is 0 Å². The minimum atomic E-state index is -0.967. The van der Waals surface area contributed by atoms with E-state index in [0.717, 1.165) is 30.9 Å². The molecule has 1 amide bonds. The van der Waals surface area contributed by atoms with E-state index in [1.54, 1.807) is 5.01 Å². The smallest absolute Gasteiger partial charge is 0.230 e. The second-order valence-electron chi connectivity index (χ2n) is 6.82. The predicted octanol–water partition coefficient (Wildman–Crippen LogP) is -1.89. The summed E-state index contributed by atoms with van der Waals surface area (Å²) in [4.78, 5) is 12.9. The molecule has 9 nitrogen and oxygen atoms in total. The summed E-state index contributed by atoms with van der Waals surface area (Å²) in [6.45, 7) is 4.33. The van der Waals surface area contributed by atoms with Crippen LogP contribution in [0.15, 0.2) is 11.4 Å². The maximum Gasteiger partial charge on any atom is 0.230 e. The van der Waals surface area contributed by atoms with Gasteiger partial charge in [-0.25, -0.2) is 20.3 Å². The third kappa shape index (κ3) is 3.20. The lowest BCUT2D eigenvalue weighted by Crippen LogP contribution is -2.59. The van der Waals surface area contributed by atoms with Crippen molar-refractivity contribution >= 4 is 17.9 Å². The maximum absolute atomic E-state index is 13.6. The lowest BCUT2D eigenvalue weighted by atomic mass is 10.0. The number of alkyl halides is 1. The molecule has 140 valence electrons. The van der Waals surface area contributed by atoms with Crippen molar-refractivity contribution in [1.29, 1.82) is 0 Å². The topological polar surface area (TPSA) is 110 Å². The molecule has 3 fully saturated rings. The van der Waals surface area contributed by atoms with Gasteiger partial charge in [-0.3, -0.25) is 10.1 Å². The molecule has 11 heteroatoms. The molecule has 0 aromatic carbocycles. The van der Waals surface area contributed by atoms with Gasteiger partial charge in [0.15, 0.2) is 0 Å². The minimum absolute atomic E-state index is 0.136. The molecule has 0 aromatic heterocycles. The molecule has 4 heterocycles. The Kier molecular flexibility index (Phi) is 4.77. The molecule has 7 N–H and O–H groups in total. The Morgan fingerprint density at radius 1 is 1.48 bits per heavy atom. The lowest BCUT2D eigenvalue weighted by Gasteiger charge is -2.34. The Morgan fingerprint density at radius 3 is 3.08 bits per heavy atom. The van der Waals surface area contributed by atoms with Crippen LogP contribution in [0.1, 0.15) is 13.3 Å². The van der Waals surface area contributed by atoms with Crippen LogP contribution in [0.4, 0.5) is 4.39 Å². The number of nitrogens with two attached hydrogens (primary N) is 1. The highest BCUT2D eigenvalue weighted by Gasteiger charge is 2.47. The zero-order valence-corrected chi connectivity index (χ0v) is 14.9. The van der Waals surface area contributed by atoms with Crippen LogP contribution < -0.4 is 31.9 Å². The average Bonchev–Trinajstić information content (AvgIpc) is 3.26. The number of fused-ring (bicyclic) bond motifs is 1. The number of allylic oxidation sites excluding steroid dienone is 1. The number of nitrogens with one attached hydrogen (secondary N) is 5. The van der Waals surface area contributed by atoms with E-state index in [2.05, 4.69) is 31.2 Å². The van der Waals surface area contributed by atoms with E-state index in [9.17, 15) is 9.18 Å². The summed E-state index contributed by atoms with van der Waals surface area (Å²) in [6, 6.07) is 0. The third-order valence-electron chi connectivity index (χ3n) is 5.01. The van der Waals surface area contributed by atoms with E-state index in [1.165, 1.54) is 11.9 Å². The van der Waals surface area contributed by atoms with E-state index in [1.807, 2.05) is 6.92 Å². The van der Waals surface area contributed by atoms with Crippen molar-refractivity contribution in [2.75, 3.05) is 26.2 Å². The Balaban J connectivity index is 1.44. The van der Waals surface area contributed by atoms with Crippen LogP contribution in [0.25, 0.3) is 0 Å². The molecule has 4 rings (SSSR count). The minimum Gasteiger partial charge on any atom is -0.337 e. The number of hydrogen-bond donors (Lipinski definition) is 6. The molecule has 0 aliphatic carbocycles. The summed E-state index contributed by atoms with van der Waals surface area (Å²) in [6.07, 6.45) is -0.726. The maximum atomic E-state index is 13.6. The Morgan fingerprint density at radius 2 is 2.32 bits per heavy atom. The Hall–Kier alpha value is -1.11. The largest absolute Gasteiger partial charge is 0.337 e. The van der Waals surface area contributed by atoms with Crippen LogP contribution in [0.3, 0.4) is 0 Å². The third-order valence-corrected chi connectivity index (χ3v) is 6.01. The van der Waals surface area contributed by atoms with Crippen molar-refractivity contribution < 1.29 is 9.18 Å². The molecule has 0 aromatic rings. The first kappa shape index (κ1) is 17.3. The second kappa shape index (κ2) is 6.89. The van der Waals surface area contributed by atoms with E-state index >= 15 is 0 Å². The number of hydrazine groups is 2. The number of carbonyl (C=O) groups is 1. The van der Waals surface area contributed by atoms with Crippen molar-refractivity contribution in [1.82, 2.24) is 36.2 Å². The van der Waals surface area contributed by atoms with E-state index in [-0.39, 0.29) is 30.5 Å². The highest BCUT2D eigenvalue weighted by atomic mass is 32.2. The molecule has 4 aliphatic rings. The van der Waals surface area contributed by atoms with Crippen molar-refractivity contribution in [3.63, 3.8) is 0 Å². The quantitative estimate of drug-likeness (QED) is 0.317. The van der Waals surface area contributed by atoms with Gasteiger partial charge in [-0.2, -0.15) is 0 Å². The second-order valence-corrected chi connectivity index (χ2v) is 7.73. The molecule has 5 unspecified atom stereocenters. The van der Waals surface area contributed by atoms with E-state index in [4.69, 9.17) is 5.73 Å². The fourth-order valence-corrected chi connectivity index (χ4v) is 4.82. The van der Waals surface area contributed by atoms with Gasteiger partial charge < -0.3 is 20.8 Å². The molecule has 0 saturated carbocycles. The first-order valence-corrected chi connectivity index (χ1v) is 9.52. The SMILES string of the molecule is CC1=C(N2CCCN2)C(NC(=O)C2C(N)NN3CC(F)CNC23)SN1. The molecule has 4 aliphatic heterocycles. The fraction of sp³-hybridized carbons (Fsp3) is 0.786. The number of nitrogens with zero attached hydrogens (tertiary/aromatic N) is 2. The fourth-order valence-electron chi connectivity index (χ4n) is 3.83. The molecule has 0 bridgehead atoms. The molecule has 5 atom stereocenters. The van der Waals surface area contributed by atoms with Crippen LogP contribution in [-0.2, 0) is 4.79 Å². The zero-order valence-electron chi connectivity index (χ0n) is 14.1. The van der Waals surface area contributed by atoms with Crippen LogP contribution in [-0.4, -0.2) is 66.0 Å². The standard InChI is InChI=1S/C14H25FN8OS/c1-7-10(22-4-2-3-18-22)14(25-21-7)19-13(24)9-11(16)20-23-6-8(15)5-17-12(9)23/h8-9,11-12,14,17-18,20-21H,2-6,16H2,1H3,(H,19,24). The number of halogens is 1. The van der Waals surface area contributed by atoms with Gasteiger partial charge in [0.1, 0.15) is 11.5 Å². The summed E-state index contributed by atoms with van der Waals surface area (Å²) in [5.41, 5.74) is 14.5. The zero-order chi connectivity index (χ0) is 17.6. The van der Waals surface area contributed by atoms with Crippen LogP contribution >= 0.6 is 11.9 Å². The van der Waals surface area contributed by atoms with Gasteiger partial charge in [0.25, 0.3) is 0 Å². The summed E-state index contributed by atoms with van der Waals surface area (Å²) in [5.74, 6) is -0.621. The summed E-state index contributed by atoms with van der Waals surface area (Å²) in [7, 11) is 0. The first-order valence-electron chi connectivity index (χ1n) is 8.64. The number of carbonyl (C=O) groups excluding carboxylic acids is 1. The van der Waals surface area contributed by atoms with Gasteiger partial charge in [-0.15, -0.1) is 0 Å². The monoisotopic (exact) mass is 372 g/mol. The summed E-state index contributed by atoms with van der Waals surface area (Å²) in [5, 5.41) is 9.79. The van der Waals surface area contributed by atoms with Crippen molar-refractivity contribution in [3.05, 3.63) is 11.4 Å². The molecular weight excluding hydrogens is 347 g/mol. The number of amides is 1. The van der Waals surface area contributed by atoms with Crippen LogP contribution in [0, 0.1) is 5.92 Å². The van der Waals surface area contributed by atoms with Gasteiger partial charge in [0.05, 0.1) is 23.9 Å². The Labute approximate surface area is 150 Å². The number of rotatable bonds is 3. The summed E-state index contributed by atoms with van der Waals surface area (Å²) >= 11 is 1.47. The molecule has 0 radical (unpaired) electrons. The van der Waals surface area contributed by atoms with Crippen LogP contribution in [0.2, 0.25) is 0 Å². The average molecular weight is 372 g/mol. The normalized spacial score (nSPS) is 38.8. The first-order chi connectivity index (χ1) is 12.0. The summed E-state index contributed by atoms with van der Waals surface area (Å²) < 4.78 is 16.8. The lowest BCUT2D eigenvalue weighted by molar-refractivity contribution is -0.126. The molecule has 3 saturated heterocycles. The molecule has 0 spiro atoms. The molecule has 25 heavy (non-hydrogen) atoms. The predicted molar refractivity (Wildman–Crippen MR) is 92.7 cm³/mol. The van der Waals surface area contributed by atoms with E-state index in [0.29, 0.717) is 0 Å². The van der Waals surface area contributed by atoms with Gasteiger partial charge >= 0.3 is 0 Å². The highest BCUT2D eigenvalue weighted by molar-refractivity contribution is 7.98. The van der Waals surface area contributed by atoms with Crippen molar-refractivity contribution in [2.45, 2.75) is 37.2 Å². The van der Waals surface area contributed by atoms with Crippen molar-refractivity contribution in [3.8, 4) is 0 Å². The molecular formula is C14H25FN8OS. The van der Waals surface area contributed by atoms with Gasteiger partial charge in [-0.05, 0) is 25.3 Å². The Bertz CT molecular complexity index is 571. The van der Waals surface area contributed by atoms with Gasteiger partial charge in [0.2, 0.25) is 5.91 Å². The number of hydrogen-bond acceptors (Lipinski definition) is 9. The van der Waals surface area contributed by atoms with Crippen molar-refractivity contribution in [2.24, 2.45) is 11.7 Å².